The molecule has 1 atom stereocenters. The van der Waals surface area contributed by atoms with Crippen molar-refractivity contribution in [3.63, 3.8) is 0 Å². The van der Waals surface area contributed by atoms with E-state index < -0.39 is 6.04 Å². The molecule has 6 nitrogen and oxygen atoms in total. The summed E-state index contributed by atoms with van der Waals surface area (Å²) in [5.41, 5.74) is 0.788. The van der Waals surface area contributed by atoms with Crippen LogP contribution in [0.4, 0.5) is 4.79 Å². The van der Waals surface area contributed by atoms with Crippen molar-refractivity contribution in [2.75, 3.05) is 26.3 Å². The molecule has 0 aliphatic carbocycles. The number of nitrogens with one attached hydrogen (secondary N) is 2. The summed E-state index contributed by atoms with van der Waals surface area (Å²) >= 11 is 0. The average molecular weight is 333 g/mol. The van der Waals surface area contributed by atoms with Crippen molar-refractivity contribution in [3.05, 3.63) is 35.9 Å². The molecule has 0 spiro atoms. The number of benzene rings is 1. The third kappa shape index (κ3) is 4.96. The van der Waals surface area contributed by atoms with Crippen molar-refractivity contribution in [2.24, 2.45) is 0 Å². The van der Waals surface area contributed by atoms with Gasteiger partial charge < -0.3 is 20.3 Å². The van der Waals surface area contributed by atoms with Gasteiger partial charge in [0, 0.05) is 32.3 Å². The summed E-state index contributed by atoms with van der Waals surface area (Å²) in [5.74, 6) is -0.0895. The summed E-state index contributed by atoms with van der Waals surface area (Å²) in [7, 11) is 0. The van der Waals surface area contributed by atoms with Gasteiger partial charge in [0.25, 0.3) is 0 Å². The third-order valence-electron chi connectivity index (χ3n) is 4.29. The van der Waals surface area contributed by atoms with Gasteiger partial charge in [-0.1, -0.05) is 30.3 Å². The minimum atomic E-state index is -0.675. The predicted octanol–water partition coefficient (Wildman–Crippen LogP) is 2.07. The molecule has 2 rings (SSSR count). The second-order valence-corrected chi connectivity index (χ2v) is 5.86. The van der Waals surface area contributed by atoms with Gasteiger partial charge in [0.1, 0.15) is 6.04 Å². The molecule has 1 aromatic rings. The van der Waals surface area contributed by atoms with Gasteiger partial charge in [-0.15, -0.1) is 0 Å². The van der Waals surface area contributed by atoms with Crippen LogP contribution in [0.15, 0.2) is 30.3 Å². The van der Waals surface area contributed by atoms with Crippen molar-refractivity contribution in [1.82, 2.24) is 15.5 Å². The van der Waals surface area contributed by atoms with E-state index in [1.54, 1.807) is 4.90 Å². The van der Waals surface area contributed by atoms with Gasteiger partial charge >= 0.3 is 6.03 Å². The van der Waals surface area contributed by atoms with Crippen LogP contribution in [0.5, 0.6) is 0 Å². The lowest BCUT2D eigenvalue weighted by Gasteiger charge is -2.28. The first kappa shape index (κ1) is 18.3. The van der Waals surface area contributed by atoms with Crippen molar-refractivity contribution >= 4 is 11.9 Å². The molecule has 132 valence electrons. The van der Waals surface area contributed by atoms with E-state index in [1.807, 2.05) is 44.2 Å². The van der Waals surface area contributed by atoms with Crippen LogP contribution < -0.4 is 10.6 Å². The highest BCUT2D eigenvalue weighted by Crippen LogP contribution is 2.16. The highest BCUT2D eigenvalue weighted by molar-refractivity contribution is 5.88. The Hall–Kier alpha value is -2.08. The zero-order chi connectivity index (χ0) is 17.4. The fourth-order valence-electron chi connectivity index (χ4n) is 2.85. The zero-order valence-corrected chi connectivity index (χ0v) is 14.5. The van der Waals surface area contributed by atoms with Gasteiger partial charge in [0.15, 0.2) is 0 Å². The Bertz CT molecular complexity index is 526. The van der Waals surface area contributed by atoms with Crippen molar-refractivity contribution in [3.8, 4) is 0 Å². The summed E-state index contributed by atoms with van der Waals surface area (Å²) in [6, 6.07) is 8.47. The van der Waals surface area contributed by atoms with Crippen LogP contribution in [0.2, 0.25) is 0 Å². The van der Waals surface area contributed by atoms with Crippen LogP contribution in [0.3, 0.4) is 0 Å². The van der Waals surface area contributed by atoms with Gasteiger partial charge in [-0.3, -0.25) is 4.79 Å². The van der Waals surface area contributed by atoms with E-state index in [0.29, 0.717) is 26.3 Å². The second-order valence-electron chi connectivity index (χ2n) is 5.86. The lowest BCUT2D eigenvalue weighted by molar-refractivity contribution is -0.133. The van der Waals surface area contributed by atoms with Crippen LogP contribution in [0.1, 0.15) is 38.3 Å². The van der Waals surface area contributed by atoms with Crippen LogP contribution in [-0.4, -0.2) is 49.2 Å². The quantitative estimate of drug-likeness (QED) is 0.837. The molecular formula is C18H27N3O3. The molecule has 3 amide bonds. The van der Waals surface area contributed by atoms with Gasteiger partial charge in [-0.2, -0.15) is 0 Å². The molecule has 1 fully saturated rings. The van der Waals surface area contributed by atoms with Gasteiger partial charge in [-0.25, -0.2) is 4.79 Å². The van der Waals surface area contributed by atoms with Crippen LogP contribution >= 0.6 is 0 Å². The summed E-state index contributed by atoms with van der Waals surface area (Å²) in [6.45, 7) is 6.41. The Morgan fingerprint density at radius 3 is 2.38 bits per heavy atom. The molecule has 6 heteroatoms. The first-order chi connectivity index (χ1) is 11.7. The highest BCUT2D eigenvalue weighted by Gasteiger charge is 2.27. The number of amides is 3. The van der Waals surface area contributed by atoms with Gasteiger partial charge in [0.05, 0.1) is 0 Å². The molecule has 0 bridgehead atoms. The minimum Gasteiger partial charge on any atom is -0.381 e. The number of urea groups is 1. The largest absolute Gasteiger partial charge is 0.381 e. The fraction of sp³-hybridized carbons (Fsp3) is 0.556. The Kier molecular flexibility index (Phi) is 7.06. The number of rotatable bonds is 6. The zero-order valence-electron chi connectivity index (χ0n) is 14.5. The molecule has 1 heterocycles. The molecule has 0 saturated carbocycles. The van der Waals surface area contributed by atoms with Crippen molar-refractivity contribution in [1.29, 1.82) is 0 Å². The highest BCUT2D eigenvalue weighted by atomic mass is 16.5. The summed E-state index contributed by atoms with van der Waals surface area (Å²) in [5, 5.41) is 5.80. The number of likely N-dealkylation sites (N-methyl/N-ethyl adjacent to an activating group) is 1. The first-order valence-electron chi connectivity index (χ1n) is 8.64. The summed E-state index contributed by atoms with van der Waals surface area (Å²) < 4.78 is 5.30. The Balaban J connectivity index is 2.07. The Morgan fingerprint density at radius 2 is 1.79 bits per heavy atom. The standard InChI is InChI=1S/C18H27N3O3/c1-3-21(4-2)17(22)16(14-8-6-5-7-9-14)20-18(23)19-15-10-12-24-13-11-15/h5-9,15-16H,3-4,10-13H2,1-2H3,(H2,19,20,23). The molecule has 1 aromatic carbocycles. The molecule has 1 unspecified atom stereocenters. The molecule has 2 N–H and O–H groups in total. The molecule has 1 aliphatic heterocycles. The van der Waals surface area contributed by atoms with E-state index in [4.69, 9.17) is 4.74 Å². The van der Waals surface area contributed by atoms with E-state index in [-0.39, 0.29) is 18.0 Å². The second kappa shape index (κ2) is 9.27. The van der Waals surface area contributed by atoms with E-state index >= 15 is 0 Å². The van der Waals surface area contributed by atoms with E-state index in [2.05, 4.69) is 10.6 Å². The topological polar surface area (TPSA) is 70.7 Å². The minimum absolute atomic E-state index is 0.0895. The Morgan fingerprint density at radius 1 is 1.17 bits per heavy atom. The molecular weight excluding hydrogens is 306 g/mol. The number of hydrogen-bond donors (Lipinski definition) is 2. The lowest BCUT2D eigenvalue weighted by atomic mass is 10.1. The normalized spacial score (nSPS) is 16.2. The smallest absolute Gasteiger partial charge is 0.315 e. The van der Waals surface area contributed by atoms with E-state index in [9.17, 15) is 9.59 Å². The fourth-order valence-corrected chi connectivity index (χ4v) is 2.85. The number of hydrogen-bond acceptors (Lipinski definition) is 3. The molecule has 1 saturated heterocycles. The van der Waals surface area contributed by atoms with E-state index in [1.165, 1.54) is 0 Å². The number of nitrogens with zero attached hydrogens (tertiary/aromatic N) is 1. The number of carbonyl (C=O) groups excluding carboxylic acids is 2. The SMILES string of the molecule is CCN(CC)C(=O)C(NC(=O)NC1CCOCC1)c1ccccc1. The van der Waals surface area contributed by atoms with Crippen LogP contribution in [-0.2, 0) is 9.53 Å². The first-order valence-corrected chi connectivity index (χ1v) is 8.64. The summed E-state index contributed by atoms with van der Waals surface area (Å²) in [6.07, 6.45) is 1.60. The molecule has 0 radical (unpaired) electrons. The van der Waals surface area contributed by atoms with Crippen LogP contribution in [0.25, 0.3) is 0 Å². The maximum absolute atomic E-state index is 12.8. The van der Waals surface area contributed by atoms with Crippen molar-refractivity contribution in [2.45, 2.75) is 38.8 Å². The number of ether oxygens (including phenoxy) is 1. The lowest BCUT2D eigenvalue weighted by Crippen LogP contribution is -2.49. The predicted molar refractivity (Wildman–Crippen MR) is 92.6 cm³/mol. The van der Waals surface area contributed by atoms with Gasteiger partial charge in [-0.05, 0) is 32.3 Å². The maximum atomic E-state index is 12.8. The number of carbonyl (C=O) groups is 2. The monoisotopic (exact) mass is 333 g/mol. The molecule has 24 heavy (non-hydrogen) atoms. The maximum Gasteiger partial charge on any atom is 0.315 e. The van der Waals surface area contributed by atoms with Gasteiger partial charge in [0.2, 0.25) is 5.91 Å². The average Bonchev–Trinajstić information content (AvgIpc) is 2.62. The third-order valence-corrected chi connectivity index (χ3v) is 4.29. The summed E-state index contributed by atoms with van der Waals surface area (Å²) in [4.78, 5) is 26.9. The van der Waals surface area contributed by atoms with Crippen LogP contribution in [0, 0.1) is 0 Å². The Labute approximate surface area is 143 Å². The van der Waals surface area contributed by atoms with Crippen molar-refractivity contribution < 1.29 is 14.3 Å². The van der Waals surface area contributed by atoms with E-state index in [0.717, 1.165) is 18.4 Å². The molecule has 1 aliphatic rings. The molecule has 0 aromatic heterocycles.